The molecule has 9 heteroatoms. The van der Waals surface area contributed by atoms with Crippen LogP contribution < -0.4 is 16.1 Å². The largest absolute Gasteiger partial charge is 0.375 e. The molecule has 1 heterocycles. The van der Waals surface area contributed by atoms with Crippen LogP contribution in [-0.2, 0) is 13.0 Å². The molecular weight excluding hydrogens is 488 g/mol. The third kappa shape index (κ3) is 6.54. The van der Waals surface area contributed by atoms with Crippen molar-refractivity contribution in [3.8, 4) is 0 Å². The highest BCUT2D eigenvalue weighted by Crippen LogP contribution is 2.28. The maximum absolute atomic E-state index is 15.1. The zero-order valence-electron chi connectivity index (χ0n) is 19.0. The summed E-state index contributed by atoms with van der Waals surface area (Å²) in [4.78, 5) is 4.27. The fraction of sp³-hybridized carbons (Fsp3) is 0.231. The summed E-state index contributed by atoms with van der Waals surface area (Å²) in [5.41, 5.74) is 10.1. The predicted octanol–water partition coefficient (Wildman–Crippen LogP) is 4.72. The lowest BCUT2D eigenvalue weighted by atomic mass is 10.0. The zero-order chi connectivity index (χ0) is 24.8. The number of hydrogen-bond acceptors (Lipinski definition) is 4. The van der Waals surface area contributed by atoms with Gasteiger partial charge in [0.15, 0.2) is 5.11 Å². The smallest absolute Gasteiger partial charge is 0.184 e. The fourth-order valence-electron chi connectivity index (χ4n) is 4.30. The molecule has 0 saturated carbocycles. The van der Waals surface area contributed by atoms with Crippen molar-refractivity contribution in [1.82, 2.24) is 10.3 Å². The number of rotatable bonds is 7. The number of nitrogens with one attached hydrogen (secondary N) is 1. The molecule has 3 aromatic carbocycles. The number of nitrogens with zero attached hydrogens (tertiary/aromatic N) is 3. The maximum atomic E-state index is 15.1. The molecule has 5 nitrogen and oxygen atoms in total. The summed E-state index contributed by atoms with van der Waals surface area (Å²) < 4.78 is 29.8. The molecule has 0 radical (unpaired) electrons. The summed E-state index contributed by atoms with van der Waals surface area (Å²) >= 11 is 11.1. The number of benzene rings is 3. The van der Waals surface area contributed by atoms with E-state index >= 15 is 4.39 Å². The number of nitrogens with two attached hydrogens (primary N) is 1. The van der Waals surface area contributed by atoms with Crippen molar-refractivity contribution >= 4 is 40.8 Å². The lowest BCUT2D eigenvalue weighted by Gasteiger charge is -2.43. The number of hydrazone groups is 1. The monoisotopic (exact) mass is 513 g/mol. The van der Waals surface area contributed by atoms with Crippen LogP contribution in [0.1, 0.15) is 16.7 Å². The minimum absolute atomic E-state index is 0.00758. The summed E-state index contributed by atoms with van der Waals surface area (Å²) in [5, 5.41) is 4.39. The third-order valence-corrected chi connectivity index (χ3v) is 6.50. The van der Waals surface area contributed by atoms with Crippen LogP contribution in [0.25, 0.3) is 0 Å². The second-order valence-electron chi connectivity index (χ2n) is 8.41. The molecule has 0 bridgehead atoms. The highest BCUT2D eigenvalue weighted by Gasteiger charge is 2.29. The van der Waals surface area contributed by atoms with Gasteiger partial charge >= 0.3 is 0 Å². The van der Waals surface area contributed by atoms with E-state index in [1.807, 2.05) is 47.4 Å². The van der Waals surface area contributed by atoms with Crippen molar-refractivity contribution in [1.29, 1.82) is 0 Å². The van der Waals surface area contributed by atoms with E-state index in [9.17, 15) is 4.39 Å². The van der Waals surface area contributed by atoms with Gasteiger partial charge in [-0.15, -0.1) is 0 Å². The van der Waals surface area contributed by atoms with Gasteiger partial charge in [0.1, 0.15) is 11.6 Å². The van der Waals surface area contributed by atoms with Gasteiger partial charge in [0.05, 0.1) is 11.9 Å². The van der Waals surface area contributed by atoms with Crippen LogP contribution in [0.3, 0.4) is 0 Å². The summed E-state index contributed by atoms with van der Waals surface area (Å²) in [6.07, 6.45) is 1.93. The molecule has 4 rings (SSSR count). The Morgan fingerprint density at radius 3 is 2.57 bits per heavy atom. The van der Waals surface area contributed by atoms with Gasteiger partial charge in [-0.1, -0.05) is 60.1 Å². The molecule has 1 aliphatic heterocycles. The lowest BCUT2D eigenvalue weighted by Crippen LogP contribution is -2.54. The van der Waals surface area contributed by atoms with Gasteiger partial charge in [-0.2, -0.15) is 5.10 Å². The van der Waals surface area contributed by atoms with Crippen LogP contribution in [-0.4, -0.2) is 41.9 Å². The number of thiocarbonyl (C=S) groups is 1. The molecule has 35 heavy (non-hydrogen) atoms. The van der Waals surface area contributed by atoms with Crippen molar-refractivity contribution in [2.24, 2.45) is 10.8 Å². The van der Waals surface area contributed by atoms with Gasteiger partial charge in [0.2, 0.25) is 0 Å². The van der Waals surface area contributed by atoms with E-state index in [0.29, 0.717) is 26.2 Å². The topological polar surface area (TPSA) is 56.9 Å². The van der Waals surface area contributed by atoms with Crippen molar-refractivity contribution < 1.29 is 8.78 Å². The molecule has 0 aromatic heterocycles. The molecule has 182 valence electrons. The first-order valence-electron chi connectivity index (χ1n) is 11.2. The third-order valence-electron chi connectivity index (χ3n) is 6.04. The van der Waals surface area contributed by atoms with Gasteiger partial charge in [0, 0.05) is 48.9 Å². The molecule has 0 spiro atoms. The standard InChI is InChI=1S/C26H26ClF2N5S/c27-22-9-5-4-8-19(22)16-33-10-11-34(17-21(33)12-18-6-2-1-3-7-18)25-14-23(28)20(13-24(25)29)15-31-32-26(30)35/h1-9,13-15,21H,10-12,16-17H2,(H3,30,32,35)/t21-/m0/s1. The molecule has 1 fully saturated rings. The number of halogens is 3. The maximum Gasteiger partial charge on any atom is 0.184 e. The van der Waals surface area contributed by atoms with E-state index in [1.165, 1.54) is 11.6 Å². The molecule has 3 aromatic rings. The Labute approximate surface area is 214 Å². The molecule has 1 aliphatic rings. The van der Waals surface area contributed by atoms with Gasteiger partial charge in [-0.25, -0.2) is 8.78 Å². The Morgan fingerprint density at radius 2 is 1.83 bits per heavy atom. The van der Waals surface area contributed by atoms with Crippen LogP contribution in [0, 0.1) is 11.6 Å². The van der Waals surface area contributed by atoms with Crippen LogP contribution in [0.4, 0.5) is 14.5 Å². The van der Waals surface area contributed by atoms with Crippen molar-refractivity contribution in [3.63, 3.8) is 0 Å². The quantitative estimate of drug-likeness (QED) is 0.272. The second-order valence-corrected chi connectivity index (χ2v) is 9.26. The van der Waals surface area contributed by atoms with Crippen LogP contribution >= 0.6 is 23.8 Å². The first-order valence-corrected chi connectivity index (χ1v) is 12.0. The molecule has 1 atom stereocenters. The number of piperazine rings is 1. The SMILES string of the molecule is NC(=S)NN=Cc1cc(F)c(N2CCN(Cc3ccccc3Cl)[C@@H](Cc3ccccc3)C2)cc1F. The predicted molar refractivity (Wildman–Crippen MR) is 142 cm³/mol. The molecule has 0 aliphatic carbocycles. The summed E-state index contributed by atoms with van der Waals surface area (Å²) in [7, 11) is 0. The molecule has 1 saturated heterocycles. The van der Waals surface area contributed by atoms with E-state index in [0.717, 1.165) is 29.3 Å². The van der Waals surface area contributed by atoms with Crippen LogP contribution in [0.2, 0.25) is 5.02 Å². The first kappa shape index (κ1) is 25.0. The molecule has 0 amide bonds. The van der Waals surface area contributed by atoms with Crippen molar-refractivity contribution in [2.75, 3.05) is 24.5 Å². The molecular formula is C26H26ClF2N5S. The van der Waals surface area contributed by atoms with Gasteiger partial charge < -0.3 is 10.6 Å². The Morgan fingerprint density at radius 1 is 1.09 bits per heavy atom. The van der Waals surface area contributed by atoms with E-state index in [1.54, 1.807) is 0 Å². The lowest BCUT2D eigenvalue weighted by molar-refractivity contribution is 0.166. The average Bonchev–Trinajstić information content (AvgIpc) is 2.84. The van der Waals surface area contributed by atoms with Gasteiger partial charge in [-0.05, 0) is 41.9 Å². The van der Waals surface area contributed by atoms with E-state index < -0.39 is 11.6 Å². The molecule has 0 unspecified atom stereocenters. The fourth-order valence-corrected chi connectivity index (χ4v) is 4.55. The van der Waals surface area contributed by atoms with Crippen molar-refractivity contribution in [2.45, 2.75) is 19.0 Å². The second kappa shape index (κ2) is 11.6. The Hall–Kier alpha value is -3.07. The molecule has 3 N–H and O–H groups in total. The van der Waals surface area contributed by atoms with Crippen molar-refractivity contribution in [3.05, 3.63) is 100 Å². The minimum Gasteiger partial charge on any atom is -0.375 e. The number of anilines is 1. The Bertz CT molecular complexity index is 1210. The van der Waals surface area contributed by atoms with Gasteiger partial charge in [-0.3, -0.25) is 10.3 Å². The highest BCUT2D eigenvalue weighted by atomic mass is 35.5. The van der Waals surface area contributed by atoms with Gasteiger partial charge in [0.25, 0.3) is 0 Å². The average molecular weight is 514 g/mol. The van der Waals surface area contributed by atoms with E-state index in [2.05, 4.69) is 39.8 Å². The van der Waals surface area contributed by atoms with Crippen LogP contribution in [0.15, 0.2) is 71.8 Å². The zero-order valence-corrected chi connectivity index (χ0v) is 20.6. The number of hydrogen-bond donors (Lipinski definition) is 2. The van der Waals surface area contributed by atoms with E-state index in [4.69, 9.17) is 17.3 Å². The first-order chi connectivity index (χ1) is 16.9. The van der Waals surface area contributed by atoms with Crippen LogP contribution in [0.5, 0.6) is 0 Å². The summed E-state index contributed by atoms with van der Waals surface area (Å²) in [6, 6.07) is 20.4. The van der Waals surface area contributed by atoms with E-state index in [-0.39, 0.29) is 22.4 Å². The Balaban J connectivity index is 1.56. The summed E-state index contributed by atoms with van der Waals surface area (Å²) in [5.74, 6) is -1.09. The summed E-state index contributed by atoms with van der Waals surface area (Å²) in [6.45, 7) is 2.48. The Kier molecular flexibility index (Phi) is 8.28. The highest BCUT2D eigenvalue weighted by molar-refractivity contribution is 7.80. The minimum atomic E-state index is -0.576. The normalized spacial score (nSPS) is 16.5.